The van der Waals surface area contributed by atoms with Crippen LogP contribution in [0.15, 0.2) is 24.3 Å². The molecule has 2 nitrogen and oxygen atoms in total. The van der Waals surface area contributed by atoms with Gasteiger partial charge in [0.25, 0.3) is 0 Å². The zero-order valence-electron chi connectivity index (χ0n) is 9.31. The normalized spacial score (nSPS) is 24.5. The van der Waals surface area contributed by atoms with Gasteiger partial charge in [-0.2, -0.15) is 0 Å². The van der Waals surface area contributed by atoms with E-state index < -0.39 is 0 Å². The van der Waals surface area contributed by atoms with Crippen LogP contribution in [0, 0.1) is 5.92 Å². The predicted molar refractivity (Wildman–Crippen MR) is 59.7 cm³/mol. The van der Waals surface area contributed by atoms with Gasteiger partial charge in [0.1, 0.15) is 12.2 Å². The van der Waals surface area contributed by atoms with E-state index in [1.54, 1.807) is 0 Å². The molecule has 0 amide bonds. The molecular weight excluding hydrogens is 188 g/mol. The smallest absolute Gasteiger partial charge is 0.112 e. The van der Waals surface area contributed by atoms with Crippen molar-refractivity contribution in [2.45, 2.75) is 32.5 Å². The molecule has 1 aliphatic heterocycles. The van der Waals surface area contributed by atoms with Gasteiger partial charge >= 0.3 is 0 Å². The van der Waals surface area contributed by atoms with Crippen LogP contribution >= 0.6 is 0 Å². The first-order valence-corrected chi connectivity index (χ1v) is 5.56. The quantitative estimate of drug-likeness (QED) is 0.767. The van der Waals surface area contributed by atoms with Crippen LogP contribution in [0.4, 0.5) is 0 Å². The van der Waals surface area contributed by atoms with E-state index in [0.717, 1.165) is 6.42 Å². The van der Waals surface area contributed by atoms with Crippen molar-refractivity contribution < 1.29 is 9.84 Å². The van der Waals surface area contributed by atoms with Gasteiger partial charge in [0.2, 0.25) is 0 Å². The van der Waals surface area contributed by atoms with Crippen molar-refractivity contribution in [2.24, 2.45) is 5.92 Å². The maximum absolute atomic E-state index is 8.89. The third-order valence-electron chi connectivity index (χ3n) is 2.71. The predicted octanol–water partition coefficient (Wildman–Crippen LogP) is 2.32. The summed E-state index contributed by atoms with van der Waals surface area (Å²) in [5.41, 5.74) is 2.55. The first-order valence-electron chi connectivity index (χ1n) is 5.56. The summed E-state index contributed by atoms with van der Waals surface area (Å²) in [4.78, 5) is 0. The van der Waals surface area contributed by atoms with Gasteiger partial charge in [-0.15, -0.1) is 0 Å². The Bertz CT molecular complexity index is 316. The molecule has 2 rings (SSSR count). The monoisotopic (exact) mass is 206 g/mol. The second-order valence-electron chi connectivity index (χ2n) is 4.62. The summed E-state index contributed by atoms with van der Waals surface area (Å²) in [7, 11) is 0. The number of benzene rings is 1. The van der Waals surface area contributed by atoms with Crippen molar-refractivity contribution in [2.75, 3.05) is 6.61 Å². The molecule has 1 aromatic carbocycles. The summed E-state index contributed by atoms with van der Waals surface area (Å²) < 4.78 is 5.32. The second kappa shape index (κ2) is 4.33. The minimum Gasteiger partial charge on any atom is -0.394 e. The summed E-state index contributed by atoms with van der Waals surface area (Å²) >= 11 is 0. The van der Waals surface area contributed by atoms with Gasteiger partial charge in [-0.1, -0.05) is 38.1 Å². The zero-order valence-corrected chi connectivity index (χ0v) is 9.31. The van der Waals surface area contributed by atoms with Gasteiger partial charge in [0, 0.05) is 0 Å². The Morgan fingerprint density at radius 3 is 2.40 bits per heavy atom. The van der Waals surface area contributed by atoms with Crippen LogP contribution in [-0.2, 0) is 11.2 Å². The fourth-order valence-electron chi connectivity index (χ4n) is 1.89. The van der Waals surface area contributed by atoms with Gasteiger partial charge < -0.3 is 9.84 Å². The third kappa shape index (κ3) is 2.58. The highest BCUT2D eigenvalue weighted by atomic mass is 16.6. The lowest BCUT2D eigenvalue weighted by molar-refractivity contribution is 0.242. The molecule has 0 bridgehead atoms. The third-order valence-corrected chi connectivity index (χ3v) is 2.71. The van der Waals surface area contributed by atoms with Crippen molar-refractivity contribution in [1.29, 1.82) is 0 Å². The molecule has 15 heavy (non-hydrogen) atoms. The van der Waals surface area contributed by atoms with Crippen LogP contribution in [0.5, 0.6) is 0 Å². The molecule has 82 valence electrons. The number of hydrogen-bond acceptors (Lipinski definition) is 2. The highest BCUT2D eigenvalue weighted by Gasteiger charge is 2.39. The molecular formula is C13H18O2. The van der Waals surface area contributed by atoms with E-state index in [1.807, 2.05) is 0 Å². The van der Waals surface area contributed by atoms with Crippen LogP contribution < -0.4 is 0 Å². The minimum atomic E-state index is 0.0287. The Morgan fingerprint density at radius 1 is 1.27 bits per heavy atom. The SMILES string of the molecule is CC(C)Cc1ccc(C2OC2CO)cc1. The van der Waals surface area contributed by atoms with Gasteiger partial charge in [-0.3, -0.25) is 0 Å². The molecule has 0 saturated carbocycles. The zero-order chi connectivity index (χ0) is 10.8. The standard InChI is InChI=1S/C13H18O2/c1-9(2)7-10-3-5-11(6-4-10)13-12(8-14)15-13/h3-6,9,12-14H,7-8H2,1-2H3. The highest BCUT2D eigenvalue weighted by molar-refractivity contribution is 5.27. The molecule has 0 aromatic heterocycles. The van der Waals surface area contributed by atoms with Crippen molar-refractivity contribution in [1.82, 2.24) is 0 Å². The topological polar surface area (TPSA) is 32.8 Å². The van der Waals surface area contributed by atoms with E-state index in [9.17, 15) is 0 Å². The fraction of sp³-hybridized carbons (Fsp3) is 0.538. The van der Waals surface area contributed by atoms with Crippen molar-refractivity contribution >= 4 is 0 Å². The lowest BCUT2D eigenvalue weighted by Crippen LogP contribution is -1.96. The molecule has 1 saturated heterocycles. The molecule has 1 fully saturated rings. The molecule has 1 N–H and O–H groups in total. The van der Waals surface area contributed by atoms with Gasteiger partial charge in [0.05, 0.1) is 6.61 Å². The first-order chi connectivity index (χ1) is 7.20. The fourth-order valence-corrected chi connectivity index (χ4v) is 1.89. The molecule has 1 heterocycles. The lowest BCUT2D eigenvalue weighted by atomic mass is 10.0. The van der Waals surface area contributed by atoms with Crippen LogP contribution in [0.25, 0.3) is 0 Å². The molecule has 2 heteroatoms. The Balaban J connectivity index is 1.99. The molecule has 1 aromatic rings. The van der Waals surface area contributed by atoms with Crippen molar-refractivity contribution in [3.8, 4) is 0 Å². The maximum Gasteiger partial charge on any atom is 0.112 e. The number of ether oxygens (including phenoxy) is 1. The van der Waals surface area contributed by atoms with Crippen LogP contribution in [-0.4, -0.2) is 17.8 Å². The first kappa shape index (κ1) is 10.7. The average Bonchev–Trinajstić information content (AvgIpc) is 2.97. The maximum atomic E-state index is 8.89. The Labute approximate surface area is 90.9 Å². The van der Waals surface area contributed by atoms with Crippen LogP contribution in [0.3, 0.4) is 0 Å². The molecule has 0 spiro atoms. The molecule has 0 aliphatic carbocycles. The summed E-state index contributed by atoms with van der Waals surface area (Å²) in [6.07, 6.45) is 1.28. The van der Waals surface area contributed by atoms with Gasteiger partial charge in [0.15, 0.2) is 0 Å². The number of rotatable bonds is 4. The Hall–Kier alpha value is -0.860. The van der Waals surface area contributed by atoms with E-state index in [-0.39, 0.29) is 18.8 Å². The molecule has 2 atom stereocenters. The highest BCUT2D eigenvalue weighted by Crippen LogP contribution is 2.38. The Morgan fingerprint density at radius 2 is 1.93 bits per heavy atom. The summed E-state index contributed by atoms with van der Waals surface area (Å²) in [6.45, 7) is 4.57. The summed E-state index contributed by atoms with van der Waals surface area (Å²) in [5, 5.41) is 8.89. The molecule has 1 aliphatic rings. The van der Waals surface area contributed by atoms with Gasteiger partial charge in [-0.25, -0.2) is 0 Å². The lowest BCUT2D eigenvalue weighted by Gasteiger charge is -2.05. The van der Waals surface area contributed by atoms with Crippen molar-refractivity contribution in [3.05, 3.63) is 35.4 Å². The van der Waals surface area contributed by atoms with Crippen molar-refractivity contribution in [3.63, 3.8) is 0 Å². The second-order valence-corrected chi connectivity index (χ2v) is 4.62. The number of aliphatic hydroxyl groups excluding tert-OH is 1. The summed E-state index contributed by atoms with van der Waals surface area (Å²) in [6, 6.07) is 8.53. The number of aliphatic hydroxyl groups is 1. The largest absolute Gasteiger partial charge is 0.394 e. The van der Waals surface area contributed by atoms with Crippen LogP contribution in [0.1, 0.15) is 31.1 Å². The Kier molecular flexibility index (Phi) is 3.08. The van der Waals surface area contributed by atoms with E-state index in [4.69, 9.17) is 9.84 Å². The summed E-state index contributed by atoms with van der Waals surface area (Å²) in [5.74, 6) is 0.693. The number of hydrogen-bond donors (Lipinski definition) is 1. The van der Waals surface area contributed by atoms with Crippen LogP contribution in [0.2, 0.25) is 0 Å². The van der Waals surface area contributed by atoms with E-state index in [2.05, 4.69) is 38.1 Å². The average molecular weight is 206 g/mol. The van der Waals surface area contributed by atoms with E-state index in [1.165, 1.54) is 11.1 Å². The van der Waals surface area contributed by atoms with E-state index in [0.29, 0.717) is 5.92 Å². The molecule has 0 radical (unpaired) electrons. The van der Waals surface area contributed by atoms with E-state index >= 15 is 0 Å². The minimum absolute atomic E-state index is 0.0287. The molecule has 2 unspecified atom stereocenters. The van der Waals surface area contributed by atoms with Gasteiger partial charge in [-0.05, 0) is 23.5 Å². The number of epoxide rings is 1.